The van der Waals surface area contributed by atoms with E-state index in [1.165, 1.54) is 5.56 Å². The number of pyridine rings is 1. The van der Waals surface area contributed by atoms with Crippen molar-refractivity contribution in [2.24, 2.45) is 5.73 Å². The molecule has 2 aromatic rings. The van der Waals surface area contributed by atoms with Crippen LogP contribution in [0.2, 0.25) is 0 Å². The average Bonchev–Trinajstić information content (AvgIpc) is 2.90. The van der Waals surface area contributed by atoms with Gasteiger partial charge in [0, 0.05) is 42.6 Å². The van der Waals surface area contributed by atoms with Crippen LogP contribution in [0.15, 0.2) is 42.7 Å². The number of hydrogen-bond acceptors (Lipinski definition) is 10. The maximum Gasteiger partial charge on any atom is 0.336 e. The highest BCUT2D eigenvalue weighted by Gasteiger charge is 2.41. The van der Waals surface area contributed by atoms with Crippen LogP contribution < -0.4 is 20.5 Å². The summed E-state index contributed by atoms with van der Waals surface area (Å²) in [4.78, 5) is 48.4. The van der Waals surface area contributed by atoms with Gasteiger partial charge in [-0.3, -0.25) is 24.3 Å². The highest BCUT2D eigenvalue weighted by Crippen LogP contribution is 2.34. The Morgan fingerprint density at radius 3 is 2.02 bits per heavy atom. The number of benzene rings is 1. The van der Waals surface area contributed by atoms with Crippen LogP contribution in [-0.2, 0) is 32.3 Å². The van der Waals surface area contributed by atoms with E-state index in [1.807, 2.05) is 30.5 Å². The fraction of sp³-hybridized carbons (Fsp3) is 0.516. The Bertz CT molecular complexity index is 1300. The van der Waals surface area contributed by atoms with Gasteiger partial charge >= 0.3 is 17.9 Å². The number of aliphatic hydroxyl groups is 1. The summed E-state index contributed by atoms with van der Waals surface area (Å²) in [5, 5.41) is 37.6. The molecule has 0 radical (unpaired) electrons. The molecule has 1 aliphatic rings. The maximum absolute atomic E-state index is 11.1. The molecule has 45 heavy (non-hydrogen) atoms. The van der Waals surface area contributed by atoms with Gasteiger partial charge in [-0.25, -0.2) is 4.79 Å². The Hall–Kier alpha value is -4.27. The molecule has 248 valence electrons. The number of nitrogens with one attached hydrogen (secondary N) is 1. The maximum atomic E-state index is 11.1. The van der Waals surface area contributed by atoms with Gasteiger partial charge in [-0.05, 0) is 69.9 Å². The molecule has 7 N–H and O–H groups in total. The Morgan fingerprint density at radius 1 is 0.978 bits per heavy atom. The van der Waals surface area contributed by atoms with Crippen LogP contribution in [0.1, 0.15) is 64.5 Å². The Kier molecular flexibility index (Phi) is 12.8. The summed E-state index contributed by atoms with van der Waals surface area (Å²) in [6.45, 7) is 10.5. The summed E-state index contributed by atoms with van der Waals surface area (Å²) >= 11 is 0. The summed E-state index contributed by atoms with van der Waals surface area (Å²) in [7, 11) is 1.60. The Morgan fingerprint density at radius 2 is 1.56 bits per heavy atom. The van der Waals surface area contributed by atoms with Gasteiger partial charge in [0.2, 0.25) is 0 Å². The molecule has 14 nitrogen and oxygen atoms in total. The molecule has 0 spiro atoms. The third-order valence-corrected chi connectivity index (χ3v) is 7.06. The first-order valence-electron chi connectivity index (χ1n) is 14.2. The summed E-state index contributed by atoms with van der Waals surface area (Å²) in [6.07, 6.45) is 3.55. The molecule has 1 aromatic carbocycles. The van der Waals surface area contributed by atoms with Crippen LogP contribution >= 0.6 is 0 Å². The lowest BCUT2D eigenvalue weighted by Gasteiger charge is -2.49. The molecule has 1 amide bonds. The van der Waals surface area contributed by atoms with Crippen molar-refractivity contribution in [2.75, 3.05) is 13.7 Å². The number of primary amides is 1. The number of hydrogen-bond donors (Lipinski definition) is 6. The van der Waals surface area contributed by atoms with Crippen LogP contribution in [0.4, 0.5) is 0 Å². The van der Waals surface area contributed by atoms with Crippen molar-refractivity contribution in [3.63, 3.8) is 0 Å². The van der Waals surface area contributed by atoms with Crippen molar-refractivity contribution in [1.29, 1.82) is 0 Å². The van der Waals surface area contributed by atoms with Crippen LogP contribution in [0.3, 0.4) is 0 Å². The lowest BCUT2D eigenvalue weighted by Crippen LogP contribution is -2.62. The molecular weight excluding hydrogens is 588 g/mol. The number of aliphatic carboxylic acids is 3. The Labute approximate surface area is 262 Å². The molecule has 2 heterocycles. The molecular formula is C31H44N4O10. The number of ether oxygens (including phenoxy) is 2. The quantitative estimate of drug-likeness (QED) is 0.176. The fourth-order valence-electron chi connectivity index (χ4n) is 5.59. The van der Waals surface area contributed by atoms with E-state index >= 15 is 0 Å². The van der Waals surface area contributed by atoms with E-state index in [9.17, 15) is 19.2 Å². The number of nitrogens with two attached hydrogens (primary N) is 1. The topological polar surface area (TPSA) is 222 Å². The summed E-state index contributed by atoms with van der Waals surface area (Å²) in [5.41, 5.74) is 4.86. The SMILES string of the molecule is COc1cc(CN(Cc2cccnc2)C2CC(C)(C)NC(C)(C)C2)ccc1OCC(N)=O.O=C(O)CC(O)(CC(=O)O)C(=O)O. The van der Waals surface area contributed by atoms with Gasteiger partial charge in [0.05, 0.1) is 20.0 Å². The summed E-state index contributed by atoms with van der Waals surface area (Å²) in [5.74, 6) is -4.43. The third-order valence-electron chi connectivity index (χ3n) is 7.06. The summed E-state index contributed by atoms with van der Waals surface area (Å²) in [6, 6.07) is 10.3. The molecule has 1 aliphatic heterocycles. The number of aromatic nitrogens is 1. The minimum Gasteiger partial charge on any atom is -0.493 e. The molecule has 0 unspecified atom stereocenters. The van der Waals surface area contributed by atoms with Crippen molar-refractivity contribution in [1.82, 2.24) is 15.2 Å². The van der Waals surface area contributed by atoms with Crippen molar-refractivity contribution >= 4 is 23.8 Å². The van der Waals surface area contributed by atoms with E-state index in [2.05, 4.69) is 49.0 Å². The van der Waals surface area contributed by atoms with Gasteiger partial charge in [0.1, 0.15) is 0 Å². The monoisotopic (exact) mass is 632 g/mol. The van der Waals surface area contributed by atoms with Gasteiger partial charge in [0.15, 0.2) is 23.7 Å². The van der Waals surface area contributed by atoms with Gasteiger partial charge in [0.25, 0.3) is 5.91 Å². The average molecular weight is 633 g/mol. The molecule has 0 saturated carbocycles. The zero-order valence-electron chi connectivity index (χ0n) is 26.3. The largest absolute Gasteiger partial charge is 0.493 e. The van der Waals surface area contributed by atoms with Crippen molar-refractivity contribution < 1.29 is 49.1 Å². The molecule has 0 aliphatic carbocycles. The summed E-state index contributed by atoms with van der Waals surface area (Å²) < 4.78 is 11.0. The lowest BCUT2D eigenvalue weighted by atomic mass is 9.79. The second kappa shape index (κ2) is 15.6. The van der Waals surface area contributed by atoms with E-state index in [-0.39, 0.29) is 17.7 Å². The Balaban J connectivity index is 0.000000459. The van der Waals surface area contributed by atoms with Crippen LogP contribution in [0.25, 0.3) is 0 Å². The van der Waals surface area contributed by atoms with E-state index in [1.54, 1.807) is 13.3 Å². The number of piperidine rings is 1. The molecule has 3 rings (SSSR count). The standard InChI is InChI=1S/C25H36N4O3.C6H8O7/c1-24(2)12-20(13-25(3,4)28-24)29(16-19-7-6-10-27-14-19)15-18-8-9-21(22(11-18)31-5)32-17-23(26)30;7-3(8)1-6(13,5(11)12)2-4(9)10/h6-11,14,20,28H,12-13,15-17H2,1-5H3,(H2,26,30);13H,1-2H2,(H,7,8)(H,9,10)(H,11,12). The van der Waals surface area contributed by atoms with E-state index in [0.717, 1.165) is 31.5 Å². The number of carbonyl (C=O) groups is 4. The van der Waals surface area contributed by atoms with E-state index < -0.39 is 42.3 Å². The van der Waals surface area contributed by atoms with Crippen LogP contribution in [0.5, 0.6) is 11.5 Å². The first kappa shape index (κ1) is 36.9. The zero-order valence-corrected chi connectivity index (χ0v) is 26.3. The minimum atomic E-state index is -2.74. The molecule has 1 fully saturated rings. The number of methoxy groups -OCH3 is 1. The van der Waals surface area contributed by atoms with E-state index in [4.69, 9.17) is 35.6 Å². The lowest BCUT2D eigenvalue weighted by molar-refractivity contribution is -0.170. The number of amides is 1. The highest BCUT2D eigenvalue weighted by atomic mass is 16.5. The van der Waals surface area contributed by atoms with Gasteiger partial charge in [-0.2, -0.15) is 0 Å². The predicted octanol–water partition coefficient (Wildman–Crippen LogP) is 2.02. The van der Waals surface area contributed by atoms with E-state index in [0.29, 0.717) is 17.5 Å². The molecule has 1 aromatic heterocycles. The second-order valence-corrected chi connectivity index (χ2v) is 12.4. The van der Waals surface area contributed by atoms with Gasteiger partial charge < -0.3 is 41.0 Å². The van der Waals surface area contributed by atoms with Gasteiger partial charge in [-0.1, -0.05) is 12.1 Å². The third kappa shape index (κ3) is 12.3. The number of carboxylic acid groups (broad SMARTS) is 3. The number of rotatable bonds is 14. The molecule has 0 bridgehead atoms. The first-order chi connectivity index (χ1) is 20.8. The highest BCUT2D eigenvalue weighted by molar-refractivity contribution is 5.88. The van der Waals surface area contributed by atoms with Crippen molar-refractivity contribution in [2.45, 2.75) is 89.2 Å². The van der Waals surface area contributed by atoms with Crippen LogP contribution in [0, 0.1) is 0 Å². The zero-order chi connectivity index (χ0) is 34.0. The first-order valence-corrected chi connectivity index (χ1v) is 14.2. The number of carboxylic acids is 3. The van der Waals surface area contributed by atoms with Crippen LogP contribution in [-0.4, -0.2) is 90.6 Å². The molecule has 14 heteroatoms. The smallest absolute Gasteiger partial charge is 0.336 e. The number of carbonyl (C=O) groups excluding carboxylic acids is 1. The van der Waals surface area contributed by atoms with Crippen molar-refractivity contribution in [3.8, 4) is 11.5 Å². The van der Waals surface area contributed by atoms with Gasteiger partial charge in [-0.15, -0.1) is 0 Å². The minimum absolute atomic E-state index is 0.0454. The second-order valence-electron chi connectivity index (χ2n) is 12.4. The number of nitrogens with zero attached hydrogens (tertiary/aromatic N) is 2. The normalized spacial score (nSPS) is 15.8. The molecule has 1 saturated heterocycles. The van der Waals surface area contributed by atoms with Crippen molar-refractivity contribution in [3.05, 3.63) is 53.9 Å². The fourth-order valence-corrected chi connectivity index (χ4v) is 5.59. The predicted molar refractivity (Wildman–Crippen MR) is 163 cm³/mol. The molecule has 0 atom stereocenters.